The Morgan fingerprint density at radius 2 is 1.93 bits per heavy atom. The van der Waals surface area contributed by atoms with Gasteiger partial charge in [0.25, 0.3) is 0 Å². The molecule has 0 aromatic carbocycles. The van der Waals surface area contributed by atoms with Gasteiger partial charge < -0.3 is 0 Å². The molecule has 0 aliphatic rings. The maximum atomic E-state index is 6.21. The molecule has 0 N–H and O–H groups in total. The summed E-state index contributed by atoms with van der Waals surface area (Å²) in [5, 5.41) is 0.128. The molecule has 1 rings (SSSR count). The van der Waals surface area contributed by atoms with Crippen LogP contribution in [-0.4, -0.2) is 10.4 Å². The number of aromatic nitrogens is 1. The third-order valence-electron chi connectivity index (χ3n) is 2.58. The number of aryl methyl sites for hydroxylation is 1. The van der Waals surface area contributed by atoms with Crippen LogP contribution in [0.25, 0.3) is 0 Å². The molecular weight excluding hydrogens is 194 g/mol. The van der Waals surface area contributed by atoms with Gasteiger partial charge in [-0.25, -0.2) is 0 Å². The van der Waals surface area contributed by atoms with Gasteiger partial charge in [-0.1, -0.05) is 19.9 Å². The minimum Gasteiger partial charge on any atom is -0.261 e. The third-order valence-corrected chi connectivity index (χ3v) is 2.85. The SMILES string of the molecule is Cc1cccnc1C(C(C)C)C(C)Cl. The van der Waals surface area contributed by atoms with Gasteiger partial charge in [0.05, 0.1) is 0 Å². The summed E-state index contributed by atoms with van der Waals surface area (Å²) in [5.74, 6) is 0.869. The van der Waals surface area contributed by atoms with Gasteiger partial charge in [-0.05, 0) is 31.4 Å². The van der Waals surface area contributed by atoms with Gasteiger partial charge in [-0.15, -0.1) is 11.6 Å². The molecule has 0 fully saturated rings. The van der Waals surface area contributed by atoms with Gasteiger partial charge in [0.2, 0.25) is 0 Å². The average Bonchev–Trinajstić information content (AvgIpc) is 2.07. The lowest BCUT2D eigenvalue weighted by Gasteiger charge is -2.24. The Kier molecular flexibility index (Phi) is 3.94. The summed E-state index contributed by atoms with van der Waals surface area (Å²) >= 11 is 6.21. The molecular formula is C12H18ClN. The van der Waals surface area contributed by atoms with Crippen molar-refractivity contribution in [2.24, 2.45) is 5.92 Å². The molecule has 0 spiro atoms. The molecule has 1 nitrogen and oxygen atoms in total. The Morgan fingerprint density at radius 1 is 1.29 bits per heavy atom. The van der Waals surface area contributed by atoms with Crippen LogP contribution >= 0.6 is 11.6 Å². The maximum absolute atomic E-state index is 6.21. The van der Waals surface area contributed by atoms with Crippen molar-refractivity contribution in [3.8, 4) is 0 Å². The Labute approximate surface area is 91.5 Å². The van der Waals surface area contributed by atoms with E-state index in [9.17, 15) is 0 Å². The van der Waals surface area contributed by atoms with E-state index in [0.29, 0.717) is 11.8 Å². The van der Waals surface area contributed by atoms with Crippen LogP contribution in [0.2, 0.25) is 0 Å². The van der Waals surface area contributed by atoms with Gasteiger partial charge in [0.1, 0.15) is 0 Å². The van der Waals surface area contributed by atoms with Crippen molar-refractivity contribution in [3.63, 3.8) is 0 Å². The van der Waals surface area contributed by atoms with Gasteiger partial charge in [0.15, 0.2) is 0 Å². The lowest BCUT2D eigenvalue weighted by molar-refractivity contribution is 0.478. The highest BCUT2D eigenvalue weighted by molar-refractivity contribution is 6.20. The molecule has 2 atom stereocenters. The molecule has 0 saturated heterocycles. The summed E-state index contributed by atoms with van der Waals surface area (Å²) in [6, 6.07) is 4.06. The first-order valence-electron chi connectivity index (χ1n) is 5.09. The molecule has 14 heavy (non-hydrogen) atoms. The monoisotopic (exact) mass is 211 g/mol. The first kappa shape index (κ1) is 11.5. The smallest absolute Gasteiger partial charge is 0.0480 e. The lowest BCUT2D eigenvalue weighted by Crippen LogP contribution is -2.18. The second-order valence-electron chi connectivity index (χ2n) is 4.15. The van der Waals surface area contributed by atoms with Gasteiger partial charge in [-0.3, -0.25) is 4.98 Å². The van der Waals surface area contributed by atoms with E-state index in [0.717, 1.165) is 5.69 Å². The Bertz CT molecular complexity index is 286. The summed E-state index contributed by atoms with van der Waals surface area (Å²) in [4.78, 5) is 4.44. The van der Waals surface area contributed by atoms with Crippen molar-refractivity contribution >= 4 is 11.6 Å². The molecule has 1 heterocycles. The van der Waals surface area contributed by atoms with E-state index >= 15 is 0 Å². The highest BCUT2D eigenvalue weighted by Crippen LogP contribution is 2.31. The van der Waals surface area contributed by atoms with E-state index in [-0.39, 0.29) is 5.38 Å². The first-order chi connectivity index (χ1) is 6.54. The summed E-state index contributed by atoms with van der Waals surface area (Å²) in [6.07, 6.45) is 1.84. The summed E-state index contributed by atoms with van der Waals surface area (Å²) in [5.41, 5.74) is 2.38. The predicted molar refractivity (Wildman–Crippen MR) is 61.9 cm³/mol. The van der Waals surface area contributed by atoms with Crippen LogP contribution in [-0.2, 0) is 0 Å². The van der Waals surface area contributed by atoms with Crippen molar-refractivity contribution in [2.75, 3.05) is 0 Å². The van der Waals surface area contributed by atoms with Crippen molar-refractivity contribution in [2.45, 2.75) is 39.0 Å². The second-order valence-corrected chi connectivity index (χ2v) is 4.84. The average molecular weight is 212 g/mol. The van der Waals surface area contributed by atoms with Crippen molar-refractivity contribution < 1.29 is 0 Å². The topological polar surface area (TPSA) is 12.9 Å². The molecule has 1 aromatic heterocycles. The fourth-order valence-electron chi connectivity index (χ4n) is 1.91. The fourth-order valence-corrected chi connectivity index (χ4v) is 2.32. The zero-order chi connectivity index (χ0) is 10.7. The molecule has 1 aromatic rings. The maximum Gasteiger partial charge on any atom is 0.0480 e. The van der Waals surface area contributed by atoms with Crippen molar-refractivity contribution in [3.05, 3.63) is 29.6 Å². The molecule has 0 saturated carbocycles. The summed E-state index contributed by atoms with van der Waals surface area (Å²) in [7, 11) is 0. The van der Waals surface area contributed by atoms with Crippen LogP contribution in [0.1, 0.15) is 37.9 Å². The fraction of sp³-hybridized carbons (Fsp3) is 0.583. The molecule has 78 valence electrons. The number of alkyl halides is 1. The molecule has 0 radical (unpaired) electrons. The normalized spacial score (nSPS) is 15.6. The molecule has 0 aliphatic heterocycles. The van der Waals surface area contributed by atoms with Crippen LogP contribution in [0, 0.1) is 12.8 Å². The van der Waals surface area contributed by atoms with Crippen LogP contribution in [0.15, 0.2) is 18.3 Å². The standard InChI is InChI=1S/C12H18ClN/c1-8(2)11(10(4)13)12-9(3)6-5-7-14-12/h5-8,10-11H,1-4H3. The van der Waals surface area contributed by atoms with Crippen LogP contribution in [0.5, 0.6) is 0 Å². The van der Waals surface area contributed by atoms with Gasteiger partial charge in [-0.2, -0.15) is 0 Å². The van der Waals surface area contributed by atoms with E-state index in [4.69, 9.17) is 11.6 Å². The first-order valence-corrected chi connectivity index (χ1v) is 5.53. The number of pyridine rings is 1. The van der Waals surface area contributed by atoms with E-state index in [2.05, 4.69) is 31.8 Å². The zero-order valence-electron chi connectivity index (χ0n) is 9.29. The number of hydrogen-bond donors (Lipinski definition) is 0. The molecule has 0 bridgehead atoms. The van der Waals surface area contributed by atoms with Crippen LogP contribution < -0.4 is 0 Å². The highest BCUT2D eigenvalue weighted by Gasteiger charge is 2.23. The van der Waals surface area contributed by atoms with Gasteiger partial charge in [0, 0.05) is 23.2 Å². The molecule has 0 aliphatic carbocycles. The summed E-state index contributed by atoms with van der Waals surface area (Å²) in [6.45, 7) is 8.52. The second kappa shape index (κ2) is 4.79. The van der Waals surface area contributed by atoms with Crippen LogP contribution in [0.4, 0.5) is 0 Å². The minimum absolute atomic E-state index is 0.128. The quantitative estimate of drug-likeness (QED) is 0.694. The largest absolute Gasteiger partial charge is 0.261 e. The Hall–Kier alpha value is -0.560. The number of hydrogen-bond acceptors (Lipinski definition) is 1. The van der Waals surface area contributed by atoms with E-state index in [1.165, 1.54) is 5.56 Å². The number of nitrogens with zero attached hydrogens (tertiary/aromatic N) is 1. The van der Waals surface area contributed by atoms with Crippen molar-refractivity contribution in [1.82, 2.24) is 4.98 Å². The number of rotatable bonds is 3. The minimum atomic E-state index is 0.128. The molecule has 2 unspecified atom stereocenters. The Morgan fingerprint density at radius 3 is 2.36 bits per heavy atom. The molecule has 0 amide bonds. The predicted octanol–water partition coefficient (Wildman–Crippen LogP) is 3.76. The Balaban J connectivity index is 3.05. The lowest BCUT2D eigenvalue weighted by atomic mass is 9.87. The summed E-state index contributed by atoms with van der Waals surface area (Å²) < 4.78 is 0. The molecule has 2 heteroatoms. The van der Waals surface area contributed by atoms with E-state index < -0.39 is 0 Å². The third kappa shape index (κ3) is 2.48. The number of halogens is 1. The highest BCUT2D eigenvalue weighted by atomic mass is 35.5. The van der Waals surface area contributed by atoms with E-state index in [1.54, 1.807) is 0 Å². The van der Waals surface area contributed by atoms with Crippen molar-refractivity contribution in [1.29, 1.82) is 0 Å². The van der Waals surface area contributed by atoms with E-state index in [1.807, 2.05) is 19.2 Å². The zero-order valence-corrected chi connectivity index (χ0v) is 10.0. The van der Waals surface area contributed by atoms with Gasteiger partial charge >= 0.3 is 0 Å². The van der Waals surface area contributed by atoms with Crippen LogP contribution in [0.3, 0.4) is 0 Å².